The topological polar surface area (TPSA) is 97.8 Å². The lowest BCUT2D eigenvalue weighted by Gasteiger charge is -2.26. The molecule has 7 rings (SSSR count). The van der Waals surface area contributed by atoms with E-state index < -0.39 is 0 Å². The fraction of sp³-hybridized carbons (Fsp3) is 0.161. The van der Waals surface area contributed by atoms with Gasteiger partial charge in [0.05, 0.1) is 42.6 Å². The Balaban J connectivity index is 1.34. The van der Waals surface area contributed by atoms with Gasteiger partial charge in [-0.2, -0.15) is 5.10 Å². The number of benzene rings is 3. The highest BCUT2D eigenvalue weighted by molar-refractivity contribution is 5.66. The smallest absolute Gasteiger partial charge is 0.230 e. The van der Waals surface area contributed by atoms with E-state index >= 15 is 0 Å². The van der Waals surface area contributed by atoms with Gasteiger partial charge in [0, 0.05) is 0 Å². The van der Waals surface area contributed by atoms with Crippen LogP contribution >= 0.6 is 0 Å². The Morgan fingerprint density at radius 1 is 0.805 bits per heavy atom. The van der Waals surface area contributed by atoms with Crippen LogP contribution in [0.1, 0.15) is 34.1 Å². The number of hydrogen-bond donors (Lipinski definition) is 0. The molecule has 41 heavy (non-hydrogen) atoms. The van der Waals surface area contributed by atoms with Crippen LogP contribution in [-0.2, 0) is 6.61 Å². The van der Waals surface area contributed by atoms with E-state index in [1.165, 1.54) is 0 Å². The lowest BCUT2D eigenvalue weighted by Crippen LogP contribution is -2.16. The van der Waals surface area contributed by atoms with E-state index in [4.69, 9.17) is 29.0 Å². The molecule has 1 aliphatic heterocycles. The predicted octanol–water partition coefficient (Wildman–Crippen LogP) is 5.50. The van der Waals surface area contributed by atoms with Crippen molar-refractivity contribution < 1.29 is 18.9 Å². The van der Waals surface area contributed by atoms with E-state index in [-0.39, 0.29) is 12.5 Å². The summed E-state index contributed by atoms with van der Waals surface area (Å²) in [4.78, 5) is 9.55. The number of nitrogens with zero attached hydrogens (tertiary/aromatic N) is 6. The van der Waals surface area contributed by atoms with Gasteiger partial charge in [0.25, 0.3) is 0 Å². The molecule has 4 heterocycles. The summed E-state index contributed by atoms with van der Waals surface area (Å²) in [7, 11) is 3.29. The number of methoxy groups -OCH3 is 2. The molecule has 0 aliphatic carbocycles. The Bertz CT molecular complexity index is 1850. The molecule has 1 unspecified atom stereocenters. The maximum Gasteiger partial charge on any atom is 0.230 e. The predicted molar refractivity (Wildman–Crippen MR) is 150 cm³/mol. The van der Waals surface area contributed by atoms with Gasteiger partial charge in [-0.05, 0) is 61.0 Å². The van der Waals surface area contributed by atoms with Crippen LogP contribution in [0, 0.1) is 6.92 Å². The highest BCUT2D eigenvalue weighted by Gasteiger charge is 2.38. The zero-order chi connectivity index (χ0) is 27.9. The van der Waals surface area contributed by atoms with Gasteiger partial charge < -0.3 is 18.9 Å². The number of ether oxygens (including phenoxy) is 4. The van der Waals surface area contributed by atoms with Crippen molar-refractivity contribution in [3.63, 3.8) is 0 Å². The molecule has 6 aromatic rings. The molecule has 10 heteroatoms. The van der Waals surface area contributed by atoms with E-state index in [0.717, 1.165) is 39.6 Å². The summed E-state index contributed by atoms with van der Waals surface area (Å²) in [5, 5.41) is 9.54. The summed E-state index contributed by atoms with van der Waals surface area (Å²) in [5.41, 5.74) is 5.17. The second-order valence-electron chi connectivity index (χ2n) is 9.58. The average molecular weight is 547 g/mol. The van der Waals surface area contributed by atoms with Gasteiger partial charge >= 0.3 is 0 Å². The summed E-state index contributed by atoms with van der Waals surface area (Å²) < 4.78 is 26.6. The number of fused-ring (bicyclic) bond motifs is 4. The van der Waals surface area contributed by atoms with Crippen molar-refractivity contribution in [2.45, 2.75) is 19.4 Å². The van der Waals surface area contributed by atoms with E-state index in [1.807, 2.05) is 78.3 Å². The largest absolute Gasteiger partial charge is 0.497 e. The van der Waals surface area contributed by atoms with Crippen LogP contribution in [0.3, 0.4) is 0 Å². The quantitative estimate of drug-likeness (QED) is 0.259. The number of hydrogen-bond acceptors (Lipinski definition) is 8. The molecule has 0 amide bonds. The van der Waals surface area contributed by atoms with Crippen molar-refractivity contribution in [1.82, 2.24) is 29.4 Å². The Hall–Kier alpha value is -5.38. The third-order valence-corrected chi connectivity index (χ3v) is 7.14. The van der Waals surface area contributed by atoms with Crippen LogP contribution in [0.2, 0.25) is 0 Å². The second kappa shape index (κ2) is 9.98. The maximum absolute atomic E-state index is 6.49. The molecule has 0 saturated carbocycles. The summed E-state index contributed by atoms with van der Waals surface area (Å²) in [6, 6.07) is 25.3. The van der Waals surface area contributed by atoms with Crippen LogP contribution in [0.4, 0.5) is 0 Å². The van der Waals surface area contributed by atoms with Crippen molar-refractivity contribution in [1.29, 1.82) is 0 Å². The first-order valence-electron chi connectivity index (χ1n) is 13.1. The molecule has 1 atom stereocenters. The minimum atomic E-state index is -0.257. The molecule has 10 nitrogen and oxygen atoms in total. The molecule has 0 bridgehead atoms. The minimum absolute atomic E-state index is 0.188. The summed E-state index contributed by atoms with van der Waals surface area (Å²) in [6.07, 6.45) is 1.62. The lowest BCUT2D eigenvalue weighted by atomic mass is 9.84. The van der Waals surface area contributed by atoms with Crippen molar-refractivity contribution in [3.8, 4) is 34.7 Å². The molecular formula is C31H26N6O4. The molecule has 0 saturated heterocycles. The van der Waals surface area contributed by atoms with Crippen LogP contribution in [0.25, 0.3) is 11.3 Å². The molecule has 0 fully saturated rings. The number of aryl methyl sites for hydroxylation is 1. The standard InChI is InChI=1S/C31H26N6O4/c1-19-26-27(20-9-11-22(38-2)12-10-20)28-29-33-25(17-40-24-15-13-23(39-3)14-16-24)35-36(29)18-32-30(28)41-31(26)37(34-19)21-7-5-4-6-8-21/h4-16,18,27H,17H2,1-3H3. The average Bonchev–Trinajstić information content (AvgIpc) is 3.60. The van der Waals surface area contributed by atoms with Crippen LogP contribution in [0.15, 0.2) is 85.2 Å². The number of rotatable bonds is 7. The zero-order valence-corrected chi connectivity index (χ0v) is 22.7. The van der Waals surface area contributed by atoms with Gasteiger partial charge in [-0.25, -0.2) is 19.2 Å². The molecule has 0 radical (unpaired) electrons. The van der Waals surface area contributed by atoms with Crippen LogP contribution in [0.5, 0.6) is 29.0 Å². The first kappa shape index (κ1) is 24.6. The molecule has 1 aliphatic rings. The maximum atomic E-state index is 6.49. The van der Waals surface area contributed by atoms with Crippen molar-refractivity contribution >= 4 is 5.65 Å². The normalized spacial score (nSPS) is 13.8. The summed E-state index contributed by atoms with van der Waals surface area (Å²) in [5.74, 6) is 3.57. The molecular weight excluding hydrogens is 520 g/mol. The first-order chi connectivity index (χ1) is 20.1. The zero-order valence-electron chi connectivity index (χ0n) is 22.7. The van der Waals surface area contributed by atoms with Crippen molar-refractivity contribution in [3.05, 3.63) is 113 Å². The van der Waals surface area contributed by atoms with E-state index in [9.17, 15) is 0 Å². The summed E-state index contributed by atoms with van der Waals surface area (Å²) in [6.45, 7) is 2.18. The minimum Gasteiger partial charge on any atom is -0.497 e. The van der Waals surface area contributed by atoms with Crippen molar-refractivity contribution in [2.24, 2.45) is 0 Å². The summed E-state index contributed by atoms with van der Waals surface area (Å²) >= 11 is 0. The van der Waals surface area contributed by atoms with Crippen molar-refractivity contribution in [2.75, 3.05) is 14.2 Å². The van der Waals surface area contributed by atoms with Crippen LogP contribution < -0.4 is 18.9 Å². The fourth-order valence-electron chi connectivity index (χ4n) is 5.18. The molecule has 0 N–H and O–H groups in total. The van der Waals surface area contributed by atoms with Gasteiger partial charge in [0.15, 0.2) is 11.5 Å². The third kappa shape index (κ3) is 4.29. The lowest BCUT2D eigenvalue weighted by molar-refractivity contribution is 0.295. The van der Waals surface area contributed by atoms with Gasteiger partial charge in [-0.3, -0.25) is 0 Å². The molecule has 0 spiro atoms. The Labute approximate surface area is 235 Å². The van der Waals surface area contributed by atoms with Gasteiger partial charge in [0.2, 0.25) is 11.8 Å². The van der Waals surface area contributed by atoms with E-state index in [2.05, 4.69) is 22.2 Å². The van der Waals surface area contributed by atoms with E-state index in [1.54, 1.807) is 25.1 Å². The van der Waals surface area contributed by atoms with E-state index in [0.29, 0.717) is 29.0 Å². The van der Waals surface area contributed by atoms with Gasteiger partial charge in [-0.1, -0.05) is 30.3 Å². The first-order valence-corrected chi connectivity index (χ1v) is 13.1. The fourth-order valence-corrected chi connectivity index (χ4v) is 5.18. The van der Waals surface area contributed by atoms with Gasteiger partial charge in [0.1, 0.15) is 30.2 Å². The third-order valence-electron chi connectivity index (χ3n) is 7.14. The highest BCUT2D eigenvalue weighted by Crippen LogP contribution is 2.49. The monoisotopic (exact) mass is 546 g/mol. The Morgan fingerprint density at radius 3 is 2.20 bits per heavy atom. The second-order valence-corrected chi connectivity index (χ2v) is 9.58. The van der Waals surface area contributed by atoms with Gasteiger partial charge in [-0.15, -0.1) is 5.10 Å². The Kier molecular flexibility index (Phi) is 6.00. The molecule has 3 aromatic carbocycles. The number of aromatic nitrogens is 6. The Morgan fingerprint density at radius 2 is 1.49 bits per heavy atom. The SMILES string of the molecule is COc1ccc(OCc2nc3c4c(ncn3n2)Oc2c(c(C)nn2-c2ccccc2)C4c2ccc(OC)cc2)cc1. The highest BCUT2D eigenvalue weighted by atomic mass is 16.5. The molecule has 3 aromatic heterocycles. The number of para-hydroxylation sites is 1. The molecule has 204 valence electrons. The van der Waals surface area contributed by atoms with Crippen LogP contribution in [-0.4, -0.2) is 43.6 Å².